The molecule has 0 aliphatic carbocycles. The molecular formula is C18H23N5O3. The predicted molar refractivity (Wildman–Crippen MR) is 93.5 cm³/mol. The molecule has 1 amide bonds. The van der Waals surface area contributed by atoms with Gasteiger partial charge in [0.25, 0.3) is 6.47 Å². The van der Waals surface area contributed by atoms with Crippen molar-refractivity contribution in [3.05, 3.63) is 41.2 Å². The van der Waals surface area contributed by atoms with E-state index >= 15 is 0 Å². The van der Waals surface area contributed by atoms with E-state index in [0.29, 0.717) is 0 Å². The van der Waals surface area contributed by atoms with Crippen LogP contribution in [0.2, 0.25) is 0 Å². The molecule has 1 atom stereocenters. The molecule has 138 valence electrons. The largest absolute Gasteiger partial charge is 0.483 e. The van der Waals surface area contributed by atoms with E-state index in [0.717, 1.165) is 57.6 Å². The van der Waals surface area contributed by atoms with Crippen molar-refractivity contribution in [1.82, 2.24) is 25.1 Å². The molecule has 0 saturated carbocycles. The Morgan fingerprint density at radius 2 is 1.77 bits per heavy atom. The summed E-state index contributed by atoms with van der Waals surface area (Å²) in [6, 6.07) is 8.51. The molecule has 1 aromatic heterocycles. The van der Waals surface area contributed by atoms with Crippen molar-refractivity contribution in [1.29, 1.82) is 0 Å². The first-order valence-corrected chi connectivity index (χ1v) is 8.94. The third kappa shape index (κ3) is 3.89. The van der Waals surface area contributed by atoms with Crippen LogP contribution in [0.15, 0.2) is 24.3 Å². The van der Waals surface area contributed by atoms with Gasteiger partial charge in [-0.3, -0.25) is 9.59 Å². The standard InChI is InChI=1S/C17H21N5O.CH2O2/c23-17(15-7-3-4-10-22-16(15)18-19-20-22)21-11-8-13-5-1-2-6-14(13)9-12-21;2-1-3/h1-2,5-6,15H,3-4,7-12H2;1H,(H,2,3). The first-order chi connectivity index (χ1) is 12.7. The highest BCUT2D eigenvalue weighted by molar-refractivity contribution is 5.83. The fourth-order valence-electron chi connectivity index (χ4n) is 3.70. The van der Waals surface area contributed by atoms with Crippen molar-refractivity contribution in [2.75, 3.05) is 13.1 Å². The number of hydrogen-bond donors (Lipinski definition) is 1. The Bertz CT molecular complexity index is 734. The molecule has 0 radical (unpaired) electrons. The van der Waals surface area contributed by atoms with Crippen LogP contribution in [0.4, 0.5) is 0 Å². The van der Waals surface area contributed by atoms with Gasteiger partial charge in [0.2, 0.25) is 5.91 Å². The van der Waals surface area contributed by atoms with Gasteiger partial charge in [0.05, 0.1) is 5.92 Å². The van der Waals surface area contributed by atoms with Gasteiger partial charge in [-0.05, 0) is 47.2 Å². The number of tetrazole rings is 1. The monoisotopic (exact) mass is 357 g/mol. The summed E-state index contributed by atoms with van der Waals surface area (Å²) in [5.74, 6) is 0.749. The lowest BCUT2D eigenvalue weighted by atomic mass is 10.0. The summed E-state index contributed by atoms with van der Waals surface area (Å²) in [6.45, 7) is 2.14. The van der Waals surface area contributed by atoms with Crippen LogP contribution in [0.25, 0.3) is 0 Å². The second-order valence-electron chi connectivity index (χ2n) is 6.51. The topological polar surface area (TPSA) is 101 Å². The molecule has 1 unspecified atom stereocenters. The summed E-state index contributed by atoms with van der Waals surface area (Å²) in [5.41, 5.74) is 2.74. The Labute approximate surface area is 151 Å². The molecule has 0 saturated heterocycles. The number of carbonyl (C=O) groups is 2. The van der Waals surface area contributed by atoms with Crippen LogP contribution in [0.3, 0.4) is 0 Å². The predicted octanol–water partition coefficient (Wildman–Crippen LogP) is 1.27. The van der Waals surface area contributed by atoms with E-state index in [1.165, 1.54) is 11.1 Å². The average molecular weight is 357 g/mol. The molecule has 1 N–H and O–H groups in total. The van der Waals surface area contributed by atoms with Crippen molar-refractivity contribution in [2.24, 2.45) is 0 Å². The quantitative estimate of drug-likeness (QED) is 0.771. The van der Waals surface area contributed by atoms with Gasteiger partial charge in [-0.25, -0.2) is 4.68 Å². The van der Waals surface area contributed by atoms with Gasteiger partial charge in [0, 0.05) is 19.6 Å². The molecule has 0 spiro atoms. The minimum Gasteiger partial charge on any atom is -0.483 e. The minimum absolute atomic E-state index is 0.186. The highest BCUT2D eigenvalue weighted by atomic mass is 16.3. The second-order valence-corrected chi connectivity index (χ2v) is 6.51. The zero-order valence-corrected chi connectivity index (χ0v) is 14.6. The van der Waals surface area contributed by atoms with Crippen molar-refractivity contribution in [3.8, 4) is 0 Å². The third-order valence-electron chi connectivity index (χ3n) is 5.01. The maximum Gasteiger partial charge on any atom is 0.290 e. The molecule has 1 aromatic carbocycles. The lowest BCUT2D eigenvalue weighted by Crippen LogP contribution is -2.37. The molecule has 2 aromatic rings. The SMILES string of the molecule is O=C(C1CCCCn2nnnc21)N1CCc2ccccc2CC1.O=CO. The van der Waals surface area contributed by atoms with Crippen LogP contribution in [0.1, 0.15) is 42.1 Å². The summed E-state index contributed by atoms with van der Waals surface area (Å²) in [7, 11) is 0. The summed E-state index contributed by atoms with van der Waals surface area (Å²) >= 11 is 0. The minimum atomic E-state index is -0.250. The van der Waals surface area contributed by atoms with Gasteiger partial charge < -0.3 is 10.0 Å². The van der Waals surface area contributed by atoms with Crippen LogP contribution in [0, 0.1) is 0 Å². The molecule has 26 heavy (non-hydrogen) atoms. The molecule has 0 fully saturated rings. The lowest BCUT2D eigenvalue weighted by Gasteiger charge is -2.24. The number of aryl methyl sites for hydroxylation is 1. The summed E-state index contributed by atoms with van der Waals surface area (Å²) in [4.78, 5) is 23.5. The Hall–Kier alpha value is -2.77. The van der Waals surface area contributed by atoms with Gasteiger partial charge in [-0.15, -0.1) is 5.10 Å². The van der Waals surface area contributed by atoms with E-state index < -0.39 is 0 Å². The van der Waals surface area contributed by atoms with Crippen LogP contribution in [0.5, 0.6) is 0 Å². The zero-order valence-electron chi connectivity index (χ0n) is 14.6. The third-order valence-corrected chi connectivity index (χ3v) is 5.01. The van der Waals surface area contributed by atoms with E-state index in [2.05, 4.69) is 39.8 Å². The number of nitrogens with zero attached hydrogens (tertiary/aromatic N) is 5. The zero-order chi connectivity index (χ0) is 18.4. The van der Waals surface area contributed by atoms with Crippen molar-refractivity contribution in [3.63, 3.8) is 0 Å². The Kier molecular flexibility index (Phi) is 5.93. The molecule has 8 heteroatoms. The summed E-state index contributed by atoms with van der Waals surface area (Å²) in [6.07, 6.45) is 4.78. The van der Waals surface area contributed by atoms with Crippen LogP contribution in [-0.4, -0.2) is 55.7 Å². The van der Waals surface area contributed by atoms with Crippen molar-refractivity contribution in [2.45, 2.75) is 44.6 Å². The molecule has 8 nitrogen and oxygen atoms in total. The number of fused-ring (bicyclic) bond motifs is 2. The molecule has 0 bridgehead atoms. The maximum atomic E-state index is 13.1. The summed E-state index contributed by atoms with van der Waals surface area (Å²) < 4.78 is 1.81. The van der Waals surface area contributed by atoms with Crippen molar-refractivity contribution < 1.29 is 14.7 Å². The summed E-state index contributed by atoms with van der Waals surface area (Å²) in [5, 5.41) is 18.8. The van der Waals surface area contributed by atoms with Gasteiger partial charge in [0.1, 0.15) is 0 Å². The first-order valence-electron chi connectivity index (χ1n) is 8.94. The maximum absolute atomic E-state index is 13.1. The molecular weight excluding hydrogens is 334 g/mol. The Balaban J connectivity index is 0.000000613. The number of amides is 1. The lowest BCUT2D eigenvalue weighted by molar-refractivity contribution is -0.133. The average Bonchev–Trinajstić information content (AvgIpc) is 2.89. The van der Waals surface area contributed by atoms with Gasteiger partial charge >= 0.3 is 0 Å². The van der Waals surface area contributed by atoms with Gasteiger partial charge in [-0.2, -0.15) is 0 Å². The molecule has 2 aliphatic rings. The highest BCUT2D eigenvalue weighted by Gasteiger charge is 2.32. The smallest absolute Gasteiger partial charge is 0.290 e. The normalized spacial score (nSPS) is 19.1. The van der Waals surface area contributed by atoms with E-state index in [-0.39, 0.29) is 18.3 Å². The van der Waals surface area contributed by atoms with Crippen molar-refractivity contribution >= 4 is 12.4 Å². The van der Waals surface area contributed by atoms with E-state index in [4.69, 9.17) is 9.90 Å². The Morgan fingerprint density at radius 3 is 2.42 bits per heavy atom. The number of carboxylic acid groups (broad SMARTS) is 1. The molecule has 4 rings (SSSR count). The van der Waals surface area contributed by atoms with Crippen LogP contribution < -0.4 is 0 Å². The number of carbonyl (C=O) groups excluding carboxylic acids is 1. The highest BCUT2D eigenvalue weighted by Crippen LogP contribution is 2.27. The Morgan fingerprint density at radius 1 is 1.12 bits per heavy atom. The van der Waals surface area contributed by atoms with Crippen LogP contribution >= 0.6 is 0 Å². The first kappa shape index (κ1) is 18.0. The van der Waals surface area contributed by atoms with Gasteiger partial charge in [-0.1, -0.05) is 30.7 Å². The molecule has 2 aliphatic heterocycles. The fourth-order valence-corrected chi connectivity index (χ4v) is 3.70. The van der Waals surface area contributed by atoms with E-state index in [1.807, 2.05) is 9.58 Å². The van der Waals surface area contributed by atoms with E-state index in [9.17, 15) is 4.79 Å². The fraction of sp³-hybridized carbons (Fsp3) is 0.500. The van der Waals surface area contributed by atoms with Crippen LogP contribution in [-0.2, 0) is 29.0 Å². The van der Waals surface area contributed by atoms with Gasteiger partial charge in [0.15, 0.2) is 5.82 Å². The number of hydrogen-bond acceptors (Lipinski definition) is 5. The van der Waals surface area contributed by atoms with E-state index in [1.54, 1.807) is 0 Å². The number of benzene rings is 1. The molecule has 3 heterocycles. The number of rotatable bonds is 1. The number of aromatic nitrogens is 4. The second kappa shape index (κ2) is 8.55.